The van der Waals surface area contributed by atoms with Gasteiger partial charge in [0.1, 0.15) is 5.82 Å². The molecule has 7 nitrogen and oxygen atoms in total. The number of pyridine rings is 1. The van der Waals surface area contributed by atoms with E-state index in [9.17, 15) is 4.79 Å². The summed E-state index contributed by atoms with van der Waals surface area (Å²) in [5.74, 6) is 0.525. The van der Waals surface area contributed by atoms with Crippen LogP contribution in [0.5, 0.6) is 0 Å². The molecular formula is C23H20N6O. The third-order valence-corrected chi connectivity index (χ3v) is 5.14. The number of aryl methyl sites for hydroxylation is 2. The highest BCUT2D eigenvalue weighted by molar-refractivity contribution is 6.07. The Bertz CT molecular complexity index is 1350. The average Bonchev–Trinajstić information content (AvgIpc) is 3.32. The molecule has 0 aliphatic rings. The summed E-state index contributed by atoms with van der Waals surface area (Å²) in [6.45, 7) is 2.19. The number of carbonyl (C=O) groups excluding carboxylic acids is 1. The number of aromatic amines is 1. The van der Waals surface area contributed by atoms with E-state index in [2.05, 4.69) is 20.4 Å². The molecule has 2 aromatic carbocycles. The standard InChI is InChI=1S/C23H20N6O/c1-14-21-16(23(30)24-13-20-25-17-10-6-7-11-18(17)26-20)12-19(15-8-4-3-5-9-15)27-22(21)29(2)28-14/h3-12H,13H2,1-2H3,(H,24,30)(H,25,26). The van der Waals surface area contributed by atoms with Gasteiger partial charge in [0.2, 0.25) is 0 Å². The molecule has 0 saturated heterocycles. The normalized spacial score (nSPS) is 11.3. The molecule has 0 aliphatic carbocycles. The predicted molar refractivity (Wildman–Crippen MR) is 116 cm³/mol. The van der Waals surface area contributed by atoms with Gasteiger partial charge >= 0.3 is 0 Å². The smallest absolute Gasteiger partial charge is 0.252 e. The quantitative estimate of drug-likeness (QED) is 0.484. The molecule has 5 rings (SSSR count). The number of imidazole rings is 1. The molecule has 2 N–H and O–H groups in total. The second-order valence-electron chi connectivity index (χ2n) is 7.21. The number of fused-ring (bicyclic) bond motifs is 2. The van der Waals surface area contributed by atoms with Crippen molar-refractivity contribution in [3.63, 3.8) is 0 Å². The maximum Gasteiger partial charge on any atom is 0.252 e. The highest BCUT2D eigenvalue weighted by atomic mass is 16.1. The van der Waals surface area contributed by atoms with Gasteiger partial charge in [0, 0.05) is 12.6 Å². The minimum Gasteiger partial charge on any atom is -0.345 e. The number of para-hydroxylation sites is 2. The Morgan fingerprint density at radius 2 is 1.83 bits per heavy atom. The van der Waals surface area contributed by atoms with Crippen molar-refractivity contribution in [1.82, 2.24) is 30.0 Å². The van der Waals surface area contributed by atoms with Crippen LogP contribution in [0.1, 0.15) is 21.9 Å². The maximum absolute atomic E-state index is 13.2. The van der Waals surface area contributed by atoms with E-state index in [1.807, 2.05) is 74.6 Å². The number of hydrogen-bond acceptors (Lipinski definition) is 4. The molecule has 7 heteroatoms. The summed E-state index contributed by atoms with van der Waals surface area (Å²) in [5.41, 5.74) is 5.52. The number of H-pyrrole nitrogens is 1. The monoisotopic (exact) mass is 396 g/mol. The van der Waals surface area contributed by atoms with Crippen LogP contribution in [-0.4, -0.2) is 30.6 Å². The molecule has 3 heterocycles. The van der Waals surface area contributed by atoms with Crippen LogP contribution in [0.25, 0.3) is 33.3 Å². The van der Waals surface area contributed by atoms with Crippen LogP contribution in [0.15, 0.2) is 60.7 Å². The van der Waals surface area contributed by atoms with E-state index in [4.69, 9.17) is 4.98 Å². The third-order valence-electron chi connectivity index (χ3n) is 5.14. The summed E-state index contributed by atoms with van der Waals surface area (Å²) in [4.78, 5) is 25.7. The van der Waals surface area contributed by atoms with E-state index in [1.165, 1.54) is 0 Å². The van der Waals surface area contributed by atoms with Gasteiger partial charge in [-0.2, -0.15) is 5.10 Å². The number of nitrogens with one attached hydrogen (secondary N) is 2. The van der Waals surface area contributed by atoms with E-state index >= 15 is 0 Å². The van der Waals surface area contributed by atoms with Crippen LogP contribution in [0.4, 0.5) is 0 Å². The van der Waals surface area contributed by atoms with E-state index < -0.39 is 0 Å². The minimum absolute atomic E-state index is 0.184. The van der Waals surface area contributed by atoms with E-state index in [-0.39, 0.29) is 5.91 Å². The molecule has 3 aromatic heterocycles. The summed E-state index contributed by atoms with van der Waals surface area (Å²) in [6.07, 6.45) is 0. The molecule has 1 amide bonds. The lowest BCUT2D eigenvalue weighted by atomic mass is 10.0. The first-order valence-corrected chi connectivity index (χ1v) is 9.72. The molecule has 0 bridgehead atoms. The molecule has 5 aromatic rings. The first-order chi connectivity index (χ1) is 14.6. The molecular weight excluding hydrogens is 376 g/mol. The number of aromatic nitrogens is 5. The van der Waals surface area contributed by atoms with Gasteiger partial charge in [0.25, 0.3) is 5.91 Å². The van der Waals surface area contributed by atoms with Gasteiger partial charge in [-0.1, -0.05) is 42.5 Å². The molecule has 0 radical (unpaired) electrons. The number of nitrogens with zero attached hydrogens (tertiary/aromatic N) is 4. The zero-order valence-electron chi connectivity index (χ0n) is 16.7. The number of amides is 1. The number of hydrogen-bond donors (Lipinski definition) is 2. The molecule has 148 valence electrons. The van der Waals surface area contributed by atoms with Gasteiger partial charge in [0.15, 0.2) is 5.65 Å². The number of carbonyl (C=O) groups is 1. The molecule has 0 atom stereocenters. The van der Waals surface area contributed by atoms with E-state index in [0.29, 0.717) is 23.6 Å². The molecule has 0 fully saturated rings. The Balaban J connectivity index is 1.52. The van der Waals surface area contributed by atoms with Gasteiger partial charge in [-0.05, 0) is 25.1 Å². The zero-order chi connectivity index (χ0) is 20.7. The van der Waals surface area contributed by atoms with Crippen LogP contribution in [0.2, 0.25) is 0 Å². The second-order valence-corrected chi connectivity index (χ2v) is 7.21. The molecule has 0 aliphatic heterocycles. The van der Waals surface area contributed by atoms with Crippen molar-refractivity contribution in [2.24, 2.45) is 7.05 Å². The maximum atomic E-state index is 13.2. The van der Waals surface area contributed by atoms with Crippen molar-refractivity contribution in [3.05, 3.63) is 77.7 Å². The fraction of sp³-hybridized carbons (Fsp3) is 0.130. The SMILES string of the molecule is Cc1nn(C)c2nc(-c3ccccc3)cc(C(=O)NCc3nc4ccccc4[nH]3)c12. The number of benzene rings is 2. The van der Waals surface area contributed by atoms with Crippen LogP contribution in [0, 0.1) is 6.92 Å². The summed E-state index contributed by atoms with van der Waals surface area (Å²) in [6, 6.07) is 19.5. The average molecular weight is 396 g/mol. The minimum atomic E-state index is -0.184. The summed E-state index contributed by atoms with van der Waals surface area (Å²) in [7, 11) is 1.84. The van der Waals surface area contributed by atoms with Gasteiger partial charge in [-0.25, -0.2) is 9.97 Å². The highest BCUT2D eigenvalue weighted by Crippen LogP contribution is 2.26. The Hall–Kier alpha value is -4.00. The van der Waals surface area contributed by atoms with Crippen molar-refractivity contribution >= 4 is 28.0 Å². The van der Waals surface area contributed by atoms with E-state index in [1.54, 1.807) is 4.68 Å². The lowest BCUT2D eigenvalue weighted by molar-refractivity contribution is 0.0951. The van der Waals surface area contributed by atoms with Crippen molar-refractivity contribution < 1.29 is 4.79 Å². The van der Waals surface area contributed by atoms with Crippen LogP contribution < -0.4 is 5.32 Å². The van der Waals surface area contributed by atoms with Gasteiger partial charge in [-0.3, -0.25) is 9.48 Å². The van der Waals surface area contributed by atoms with Crippen molar-refractivity contribution in [3.8, 4) is 11.3 Å². The Morgan fingerprint density at radius 3 is 2.63 bits per heavy atom. The summed E-state index contributed by atoms with van der Waals surface area (Å²) in [5, 5.41) is 8.22. The van der Waals surface area contributed by atoms with Crippen molar-refractivity contribution in [2.45, 2.75) is 13.5 Å². The zero-order valence-corrected chi connectivity index (χ0v) is 16.7. The van der Waals surface area contributed by atoms with Crippen LogP contribution in [-0.2, 0) is 13.6 Å². The molecule has 30 heavy (non-hydrogen) atoms. The largest absolute Gasteiger partial charge is 0.345 e. The fourth-order valence-corrected chi connectivity index (χ4v) is 3.73. The van der Waals surface area contributed by atoms with Gasteiger partial charge in [0.05, 0.1) is 39.9 Å². The lowest BCUT2D eigenvalue weighted by Crippen LogP contribution is -2.24. The third kappa shape index (κ3) is 3.10. The predicted octanol–water partition coefficient (Wildman–Crippen LogP) is 3.75. The Labute approximate surface area is 172 Å². The highest BCUT2D eigenvalue weighted by Gasteiger charge is 2.19. The second kappa shape index (κ2) is 7.11. The topological polar surface area (TPSA) is 88.5 Å². The van der Waals surface area contributed by atoms with Crippen molar-refractivity contribution in [1.29, 1.82) is 0 Å². The first-order valence-electron chi connectivity index (χ1n) is 9.72. The molecule has 0 saturated carbocycles. The molecule has 0 spiro atoms. The molecule has 0 unspecified atom stereocenters. The Kier molecular flexibility index (Phi) is 4.28. The van der Waals surface area contributed by atoms with Crippen molar-refractivity contribution in [2.75, 3.05) is 0 Å². The Morgan fingerprint density at radius 1 is 1.07 bits per heavy atom. The van der Waals surface area contributed by atoms with E-state index in [0.717, 1.165) is 33.4 Å². The van der Waals surface area contributed by atoms with Gasteiger partial charge < -0.3 is 10.3 Å². The lowest BCUT2D eigenvalue weighted by Gasteiger charge is -2.09. The van der Waals surface area contributed by atoms with Gasteiger partial charge in [-0.15, -0.1) is 0 Å². The summed E-state index contributed by atoms with van der Waals surface area (Å²) >= 11 is 0. The fourth-order valence-electron chi connectivity index (χ4n) is 3.73. The summed E-state index contributed by atoms with van der Waals surface area (Å²) < 4.78 is 1.72. The number of rotatable bonds is 4. The first kappa shape index (κ1) is 18.1. The van der Waals surface area contributed by atoms with Crippen LogP contribution in [0.3, 0.4) is 0 Å². The van der Waals surface area contributed by atoms with Crippen LogP contribution >= 0.6 is 0 Å².